The molecule has 4 nitrogen and oxygen atoms in total. The van der Waals surface area contributed by atoms with E-state index >= 15 is 0 Å². The molecular formula is C13H14F3NO3. The van der Waals surface area contributed by atoms with Crippen molar-refractivity contribution in [3.8, 4) is 5.75 Å². The largest absolute Gasteiger partial charge is 0.493 e. The molecular weight excluding hydrogens is 275 g/mol. The van der Waals surface area contributed by atoms with Crippen LogP contribution in [0.2, 0.25) is 0 Å². The van der Waals surface area contributed by atoms with Crippen LogP contribution in [-0.4, -0.2) is 32.4 Å². The SMILES string of the molecule is COC(=O)C1(NCC(F)(F)F)CCOc2ccccc21. The van der Waals surface area contributed by atoms with Crippen molar-refractivity contribution in [2.75, 3.05) is 20.3 Å². The van der Waals surface area contributed by atoms with Crippen molar-refractivity contribution in [3.63, 3.8) is 0 Å². The lowest BCUT2D eigenvalue weighted by atomic mass is 9.84. The minimum absolute atomic E-state index is 0.0762. The first-order valence-corrected chi connectivity index (χ1v) is 6.01. The third-order valence-corrected chi connectivity index (χ3v) is 3.21. The molecule has 1 heterocycles. The molecule has 1 aliphatic rings. The van der Waals surface area contributed by atoms with Gasteiger partial charge in [0.05, 0.1) is 20.3 Å². The van der Waals surface area contributed by atoms with Crippen molar-refractivity contribution < 1.29 is 27.4 Å². The first-order chi connectivity index (χ1) is 9.39. The van der Waals surface area contributed by atoms with Gasteiger partial charge < -0.3 is 9.47 Å². The van der Waals surface area contributed by atoms with Crippen molar-refractivity contribution in [1.82, 2.24) is 5.32 Å². The molecule has 7 heteroatoms. The van der Waals surface area contributed by atoms with Crippen LogP contribution in [0.5, 0.6) is 5.75 Å². The average Bonchev–Trinajstić information content (AvgIpc) is 2.43. The highest BCUT2D eigenvalue weighted by Crippen LogP contribution is 2.38. The summed E-state index contributed by atoms with van der Waals surface area (Å²) in [6, 6.07) is 6.51. The zero-order valence-electron chi connectivity index (χ0n) is 10.8. The van der Waals surface area contributed by atoms with Crippen LogP contribution in [0.15, 0.2) is 24.3 Å². The molecule has 0 amide bonds. The minimum Gasteiger partial charge on any atom is -0.493 e. The molecule has 0 bridgehead atoms. The minimum atomic E-state index is -4.42. The Kier molecular flexibility index (Phi) is 3.89. The van der Waals surface area contributed by atoms with E-state index in [1.54, 1.807) is 24.3 Å². The summed E-state index contributed by atoms with van der Waals surface area (Å²) in [5, 5.41) is 2.30. The quantitative estimate of drug-likeness (QED) is 0.865. The van der Waals surface area contributed by atoms with E-state index in [0.29, 0.717) is 11.3 Å². The molecule has 0 aromatic heterocycles. The topological polar surface area (TPSA) is 47.6 Å². The predicted molar refractivity (Wildman–Crippen MR) is 64.3 cm³/mol. The van der Waals surface area contributed by atoms with Crippen molar-refractivity contribution in [2.45, 2.75) is 18.1 Å². The molecule has 0 spiro atoms. The van der Waals surface area contributed by atoms with Crippen LogP contribution >= 0.6 is 0 Å². The van der Waals surface area contributed by atoms with Crippen LogP contribution in [-0.2, 0) is 15.1 Å². The van der Waals surface area contributed by atoms with Gasteiger partial charge in [0.1, 0.15) is 11.3 Å². The number of nitrogens with one attached hydrogen (secondary N) is 1. The number of fused-ring (bicyclic) bond motifs is 1. The van der Waals surface area contributed by atoms with E-state index in [4.69, 9.17) is 9.47 Å². The number of ether oxygens (including phenoxy) is 2. The van der Waals surface area contributed by atoms with E-state index in [0.717, 1.165) is 7.11 Å². The number of hydrogen-bond acceptors (Lipinski definition) is 4. The zero-order valence-corrected chi connectivity index (χ0v) is 10.8. The lowest BCUT2D eigenvalue weighted by Crippen LogP contribution is -2.55. The maximum Gasteiger partial charge on any atom is 0.401 e. The Hall–Kier alpha value is -1.76. The van der Waals surface area contributed by atoms with Crippen molar-refractivity contribution in [1.29, 1.82) is 0 Å². The number of methoxy groups -OCH3 is 1. The predicted octanol–water partition coefficient (Wildman–Crippen LogP) is 1.99. The number of para-hydroxylation sites is 1. The molecule has 20 heavy (non-hydrogen) atoms. The lowest BCUT2D eigenvalue weighted by Gasteiger charge is -2.37. The van der Waals surface area contributed by atoms with Crippen molar-refractivity contribution in [2.24, 2.45) is 0 Å². The van der Waals surface area contributed by atoms with Crippen LogP contribution in [0.25, 0.3) is 0 Å². The fourth-order valence-corrected chi connectivity index (χ4v) is 2.29. The Morgan fingerprint density at radius 3 is 2.80 bits per heavy atom. The number of benzene rings is 1. The first kappa shape index (κ1) is 14.6. The fraction of sp³-hybridized carbons (Fsp3) is 0.462. The Balaban J connectivity index is 2.41. The molecule has 0 radical (unpaired) electrons. The Bertz CT molecular complexity index is 504. The molecule has 0 aliphatic carbocycles. The third-order valence-electron chi connectivity index (χ3n) is 3.21. The molecule has 1 aromatic carbocycles. The van der Waals surface area contributed by atoms with Crippen molar-refractivity contribution in [3.05, 3.63) is 29.8 Å². The monoisotopic (exact) mass is 289 g/mol. The van der Waals surface area contributed by atoms with Gasteiger partial charge in [-0.3, -0.25) is 5.32 Å². The summed E-state index contributed by atoms with van der Waals surface area (Å²) in [7, 11) is 1.15. The van der Waals surface area contributed by atoms with Gasteiger partial charge in [-0.2, -0.15) is 13.2 Å². The lowest BCUT2D eigenvalue weighted by molar-refractivity contribution is -0.156. The van der Waals surface area contributed by atoms with E-state index < -0.39 is 24.2 Å². The molecule has 0 fully saturated rings. The second kappa shape index (κ2) is 5.32. The number of carbonyl (C=O) groups excluding carboxylic acids is 1. The Morgan fingerprint density at radius 2 is 2.15 bits per heavy atom. The van der Waals surface area contributed by atoms with Crippen LogP contribution in [0.4, 0.5) is 13.2 Å². The van der Waals surface area contributed by atoms with E-state index in [-0.39, 0.29) is 13.0 Å². The van der Waals surface area contributed by atoms with Crippen LogP contribution in [0.1, 0.15) is 12.0 Å². The van der Waals surface area contributed by atoms with E-state index in [2.05, 4.69) is 5.32 Å². The van der Waals surface area contributed by atoms with Gasteiger partial charge in [0.25, 0.3) is 0 Å². The molecule has 0 saturated heterocycles. The summed E-state index contributed by atoms with van der Waals surface area (Å²) in [6.07, 6.45) is -4.35. The summed E-state index contributed by atoms with van der Waals surface area (Å²) in [5.41, 5.74) is -1.17. The van der Waals surface area contributed by atoms with Crippen LogP contribution in [0, 0.1) is 0 Å². The van der Waals surface area contributed by atoms with Gasteiger partial charge in [-0.25, -0.2) is 4.79 Å². The van der Waals surface area contributed by atoms with E-state index in [1.807, 2.05) is 0 Å². The molecule has 110 valence electrons. The summed E-state index contributed by atoms with van der Waals surface area (Å²) in [4.78, 5) is 12.1. The highest BCUT2D eigenvalue weighted by molar-refractivity contribution is 5.84. The highest BCUT2D eigenvalue weighted by atomic mass is 19.4. The third kappa shape index (κ3) is 2.72. The smallest absolute Gasteiger partial charge is 0.401 e. The molecule has 1 atom stereocenters. The molecule has 1 unspecified atom stereocenters. The maximum atomic E-state index is 12.5. The molecule has 1 aliphatic heterocycles. The number of esters is 1. The summed E-state index contributed by atoms with van der Waals surface area (Å²) < 4.78 is 47.5. The molecule has 2 rings (SSSR count). The second-order valence-electron chi connectivity index (χ2n) is 4.46. The van der Waals surface area contributed by atoms with Gasteiger partial charge >= 0.3 is 12.1 Å². The molecule has 0 saturated carbocycles. The summed E-state index contributed by atoms with van der Waals surface area (Å²) in [6.45, 7) is -1.15. The van der Waals surface area contributed by atoms with Crippen molar-refractivity contribution >= 4 is 5.97 Å². The highest BCUT2D eigenvalue weighted by Gasteiger charge is 2.47. The standard InChI is InChI=1S/C13H14F3NO3/c1-19-11(18)12(17-8-13(14,15)16)6-7-20-10-5-3-2-4-9(10)12/h2-5,17H,6-8H2,1H3. The average molecular weight is 289 g/mol. The van der Waals surface area contributed by atoms with Crippen LogP contribution in [0.3, 0.4) is 0 Å². The first-order valence-electron chi connectivity index (χ1n) is 6.01. The summed E-state index contributed by atoms with van der Waals surface area (Å²) >= 11 is 0. The maximum absolute atomic E-state index is 12.5. The Labute approximate surface area is 113 Å². The second-order valence-corrected chi connectivity index (χ2v) is 4.46. The number of hydrogen-bond donors (Lipinski definition) is 1. The Morgan fingerprint density at radius 1 is 1.45 bits per heavy atom. The van der Waals surface area contributed by atoms with Gasteiger partial charge in [0, 0.05) is 12.0 Å². The fourth-order valence-electron chi connectivity index (χ4n) is 2.29. The number of rotatable bonds is 3. The van der Waals surface area contributed by atoms with Crippen LogP contribution < -0.4 is 10.1 Å². The van der Waals surface area contributed by atoms with E-state index in [1.165, 1.54) is 0 Å². The number of alkyl halides is 3. The number of carbonyl (C=O) groups is 1. The van der Waals surface area contributed by atoms with Gasteiger partial charge in [-0.1, -0.05) is 18.2 Å². The van der Waals surface area contributed by atoms with E-state index in [9.17, 15) is 18.0 Å². The zero-order chi connectivity index (χ0) is 14.8. The van der Waals surface area contributed by atoms with Gasteiger partial charge in [-0.05, 0) is 6.07 Å². The number of halogens is 3. The van der Waals surface area contributed by atoms with Gasteiger partial charge in [-0.15, -0.1) is 0 Å². The van der Waals surface area contributed by atoms with Gasteiger partial charge in [0.2, 0.25) is 0 Å². The van der Waals surface area contributed by atoms with Gasteiger partial charge in [0.15, 0.2) is 0 Å². The molecule has 1 N–H and O–H groups in total. The summed E-state index contributed by atoms with van der Waals surface area (Å²) in [5.74, 6) is -0.365. The normalized spacial score (nSPS) is 21.8. The molecule has 1 aromatic rings.